The van der Waals surface area contributed by atoms with Crippen LogP contribution < -0.4 is 23.8 Å². The van der Waals surface area contributed by atoms with Crippen LogP contribution in [-0.2, 0) is 26.2 Å². The zero-order valence-corrected chi connectivity index (χ0v) is 25.3. The van der Waals surface area contributed by atoms with Gasteiger partial charge in [-0.15, -0.1) is 0 Å². The second-order valence-corrected chi connectivity index (χ2v) is 11.6. The SMILES string of the molecule is COc1ccc(CN(C(=O)CN(c2ccc(F)cc2)S(=O)(=O)c2ccc(OC)c(OC)c2)[C@H](C)C(=O)NC(C)C)cc1. The van der Waals surface area contributed by atoms with Gasteiger partial charge in [-0.2, -0.15) is 0 Å². The van der Waals surface area contributed by atoms with Crippen LogP contribution in [0.1, 0.15) is 26.3 Å². The van der Waals surface area contributed by atoms with Crippen molar-refractivity contribution in [1.82, 2.24) is 10.2 Å². The van der Waals surface area contributed by atoms with E-state index in [0.717, 1.165) is 16.4 Å². The monoisotopic (exact) mass is 601 g/mol. The van der Waals surface area contributed by atoms with Crippen molar-refractivity contribution in [2.75, 3.05) is 32.2 Å². The number of anilines is 1. The van der Waals surface area contributed by atoms with E-state index in [4.69, 9.17) is 14.2 Å². The number of methoxy groups -OCH3 is 3. The van der Waals surface area contributed by atoms with E-state index in [1.54, 1.807) is 45.0 Å². The summed E-state index contributed by atoms with van der Waals surface area (Å²) in [6, 6.07) is 14.6. The van der Waals surface area contributed by atoms with Gasteiger partial charge in [0.1, 0.15) is 24.2 Å². The second kappa shape index (κ2) is 14.0. The van der Waals surface area contributed by atoms with Crippen LogP contribution in [0.25, 0.3) is 0 Å². The maximum atomic E-state index is 14.0. The van der Waals surface area contributed by atoms with Gasteiger partial charge in [-0.1, -0.05) is 12.1 Å². The van der Waals surface area contributed by atoms with Crippen molar-refractivity contribution in [3.05, 3.63) is 78.1 Å². The first kappa shape index (κ1) is 32.2. The van der Waals surface area contributed by atoms with Crippen LogP contribution in [0, 0.1) is 5.82 Å². The molecule has 2 amide bonds. The fourth-order valence-corrected chi connectivity index (χ4v) is 5.59. The molecule has 12 heteroatoms. The third kappa shape index (κ3) is 7.69. The third-order valence-corrected chi connectivity index (χ3v) is 8.22. The molecule has 0 fully saturated rings. The van der Waals surface area contributed by atoms with E-state index < -0.39 is 40.2 Å². The summed E-state index contributed by atoms with van der Waals surface area (Å²) in [5.41, 5.74) is 0.757. The van der Waals surface area contributed by atoms with Crippen molar-refractivity contribution < 1.29 is 36.6 Å². The Hall–Kier alpha value is -4.32. The lowest BCUT2D eigenvalue weighted by Crippen LogP contribution is -2.52. The lowest BCUT2D eigenvalue weighted by molar-refractivity contribution is -0.139. The fraction of sp³-hybridized carbons (Fsp3) is 0.333. The maximum absolute atomic E-state index is 14.0. The van der Waals surface area contributed by atoms with Crippen molar-refractivity contribution in [2.45, 2.75) is 44.3 Å². The second-order valence-electron chi connectivity index (χ2n) is 9.71. The number of amides is 2. The number of hydrogen-bond acceptors (Lipinski definition) is 7. The van der Waals surface area contributed by atoms with Crippen LogP contribution >= 0.6 is 0 Å². The Kier molecular flexibility index (Phi) is 10.8. The van der Waals surface area contributed by atoms with Gasteiger partial charge >= 0.3 is 0 Å². The molecule has 0 heterocycles. The molecule has 3 aromatic rings. The normalized spacial score (nSPS) is 11.9. The topological polar surface area (TPSA) is 114 Å². The van der Waals surface area contributed by atoms with E-state index in [1.807, 2.05) is 0 Å². The number of sulfonamides is 1. The average Bonchev–Trinajstić information content (AvgIpc) is 2.98. The minimum Gasteiger partial charge on any atom is -0.497 e. The summed E-state index contributed by atoms with van der Waals surface area (Å²) < 4.78 is 58.4. The Bertz CT molecular complexity index is 1480. The van der Waals surface area contributed by atoms with Gasteiger partial charge in [-0.05, 0) is 74.9 Å². The number of ether oxygens (including phenoxy) is 3. The largest absolute Gasteiger partial charge is 0.497 e. The number of carbonyl (C=O) groups is 2. The van der Waals surface area contributed by atoms with Crippen LogP contribution in [0.5, 0.6) is 17.2 Å². The molecule has 0 radical (unpaired) electrons. The predicted molar refractivity (Wildman–Crippen MR) is 157 cm³/mol. The van der Waals surface area contributed by atoms with E-state index in [1.165, 1.54) is 56.6 Å². The molecule has 10 nitrogen and oxygen atoms in total. The molecule has 0 aromatic heterocycles. The Labute approximate surface area is 246 Å². The van der Waals surface area contributed by atoms with Crippen LogP contribution in [0.4, 0.5) is 10.1 Å². The van der Waals surface area contributed by atoms with Crippen LogP contribution in [0.2, 0.25) is 0 Å². The molecule has 0 unspecified atom stereocenters. The molecular weight excluding hydrogens is 565 g/mol. The van der Waals surface area contributed by atoms with Gasteiger partial charge in [0, 0.05) is 18.7 Å². The van der Waals surface area contributed by atoms with Crippen molar-refractivity contribution in [3.8, 4) is 17.2 Å². The van der Waals surface area contributed by atoms with Crippen molar-refractivity contribution >= 4 is 27.5 Å². The van der Waals surface area contributed by atoms with Crippen molar-refractivity contribution in [1.29, 1.82) is 0 Å². The first-order valence-electron chi connectivity index (χ1n) is 13.1. The number of nitrogens with zero attached hydrogens (tertiary/aromatic N) is 2. The highest BCUT2D eigenvalue weighted by Gasteiger charge is 2.33. The van der Waals surface area contributed by atoms with Gasteiger partial charge in [-0.25, -0.2) is 12.8 Å². The molecule has 0 saturated carbocycles. The summed E-state index contributed by atoms with van der Waals surface area (Å²) in [7, 11) is -0.0641. The van der Waals surface area contributed by atoms with Gasteiger partial charge in [0.05, 0.1) is 31.9 Å². The highest BCUT2D eigenvalue weighted by molar-refractivity contribution is 7.92. The Morgan fingerprint density at radius 2 is 1.48 bits per heavy atom. The number of hydrogen-bond donors (Lipinski definition) is 1. The molecule has 3 aromatic carbocycles. The first-order chi connectivity index (χ1) is 19.9. The Morgan fingerprint density at radius 1 is 0.857 bits per heavy atom. The molecule has 226 valence electrons. The van der Waals surface area contributed by atoms with Gasteiger partial charge < -0.3 is 24.4 Å². The van der Waals surface area contributed by atoms with Gasteiger partial charge in [0.15, 0.2) is 11.5 Å². The highest BCUT2D eigenvalue weighted by atomic mass is 32.2. The highest BCUT2D eigenvalue weighted by Crippen LogP contribution is 2.32. The molecule has 0 bridgehead atoms. The van der Waals surface area contributed by atoms with Gasteiger partial charge in [0.25, 0.3) is 10.0 Å². The van der Waals surface area contributed by atoms with Gasteiger partial charge in [0.2, 0.25) is 11.8 Å². The third-order valence-electron chi connectivity index (χ3n) is 6.45. The van der Waals surface area contributed by atoms with Crippen LogP contribution in [0.15, 0.2) is 71.6 Å². The molecule has 0 aliphatic rings. The lowest BCUT2D eigenvalue weighted by Gasteiger charge is -2.32. The molecule has 1 N–H and O–H groups in total. The smallest absolute Gasteiger partial charge is 0.264 e. The number of halogens is 1. The summed E-state index contributed by atoms with van der Waals surface area (Å²) in [6.45, 7) is 4.52. The number of carbonyl (C=O) groups excluding carboxylic acids is 2. The van der Waals surface area contributed by atoms with Crippen LogP contribution in [-0.4, -0.2) is 65.1 Å². The van der Waals surface area contributed by atoms with E-state index in [-0.39, 0.29) is 28.9 Å². The minimum absolute atomic E-state index is 0.0170. The quantitative estimate of drug-likeness (QED) is 0.315. The Balaban J connectivity index is 2.06. The number of rotatable bonds is 13. The van der Waals surface area contributed by atoms with E-state index in [2.05, 4.69) is 5.32 Å². The standard InChI is InChI=1S/C30H36FN3O7S/c1-20(2)32-30(36)21(3)33(18-22-7-13-25(39-4)14-8-22)29(35)19-34(24-11-9-23(31)10-12-24)42(37,38)26-15-16-27(40-5)28(17-26)41-6/h7-17,20-21H,18-19H2,1-6H3,(H,32,36)/t21-/m1/s1. The number of benzene rings is 3. The first-order valence-corrected chi connectivity index (χ1v) is 14.6. The maximum Gasteiger partial charge on any atom is 0.264 e. The van der Waals surface area contributed by atoms with E-state index in [9.17, 15) is 22.4 Å². The van der Waals surface area contributed by atoms with Gasteiger partial charge in [-0.3, -0.25) is 13.9 Å². The summed E-state index contributed by atoms with van der Waals surface area (Å²) in [5.74, 6) is -0.520. The summed E-state index contributed by atoms with van der Waals surface area (Å²) in [6.07, 6.45) is 0. The molecule has 0 spiro atoms. The molecular formula is C30H36FN3O7S. The lowest BCUT2D eigenvalue weighted by atomic mass is 10.1. The molecule has 0 saturated heterocycles. The van der Waals surface area contributed by atoms with E-state index in [0.29, 0.717) is 17.1 Å². The summed E-state index contributed by atoms with van der Waals surface area (Å²) in [4.78, 5) is 28.1. The molecule has 1 atom stereocenters. The average molecular weight is 602 g/mol. The summed E-state index contributed by atoms with van der Waals surface area (Å²) in [5, 5.41) is 2.80. The zero-order valence-electron chi connectivity index (χ0n) is 24.5. The van der Waals surface area contributed by atoms with Crippen molar-refractivity contribution in [2.24, 2.45) is 0 Å². The van der Waals surface area contributed by atoms with Crippen LogP contribution in [0.3, 0.4) is 0 Å². The van der Waals surface area contributed by atoms with Crippen molar-refractivity contribution in [3.63, 3.8) is 0 Å². The molecule has 3 rings (SSSR count). The predicted octanol–water partition coefficient (Wildman–Crippen LogP) is 3.99. The molecule has 0 aliphatic carbocycles. The Morgan fingerprint density at radius 3 is 2.02 bits per heavy atom. The molecule has 42 heavy (non-hydrogen) atoms. The zero-order chi connectivity index (χ0) is 31.0. The van der Waals surface area contributed by atoms with E-state index >= 15 is 0 Å². The summed E-state index contributed by atoms with van der Waals surface area (Å²) >= 11 is 0. The molecule has 0 aliphatic heterocycles. The number of nitrogens with one attached hydrogen (secondary N) is 1. The minimum atomic E-state index is -4.39. The fourth-order valence-electron chi connectivity index (χ4n) is 4.16.